The van der Waals surface area contributed by atoms with E-state index < -0.39 is 0 Å². The van der Waals surface area contributed by atoms with E-state index in [-0.39, 0.29) is 24.7 Å². The van der Waals surface area contributed by atoms with E-state index in [1.54, 1.807) is 0 Å². The van der Waals surface area contributed by atoms with Crippen molar-refractivity contribution in [3.8, 4) is 0 Å². The second-order valence-electron chi connectivity index (χ2n) is 6.77. The molecular weight excluding hydrogens is 386 g/mol. The van der Waals surface area contributed by atoms with Crippen LogP contribution in [0, 0.1) is 0 Å². The van der Waals surface area contributed by atoms with Crippen molar-refractivity contribution in [2.75, 3.05) is 18.8 Å². The quantitative estimate of drug-likeness (QED) is 0.743. The van der Waals surface area contributed by atoms with Gasteiger partial charge in [0.2, 0.25) is 5.91 Å². The molecule has 0 radical (unpaired) electrons. The summed E-state index contributed by atoms with van der Waals surface area (Å²) in [6, 6.07) is 7.60. The number of aliphatic hydroxyl groups excluding tert-OH is 1. The Kier molecular flexibility index (Phi) is 6.81. The van der Waals surface area contributed by atoms with Gasteiger partial charge in [-0.1, -0.05) is 35.5 Å². The van der Waals surface area contributed by atoms with Crippen molar-refractivity contribution in [2.24, 2.45) is 0 Å². The zero-order valence-corrected chi connectivity index (χ0v) is 17.0. The molecule has 1 fully saturated rings. The number of thioether (sulfide) groups is 1. The number of carbonyl (C=O) groups excluding carboxylic acids is 1. The van der Waals surface area contributed by atoms with E-state index in [0.717, 1.165) is 10.7 Å². The van der Waals surface area contributed by atoms with Crippen LogP contribution in [-0.4, -0.2) is 56.5 Å². The number of aliphatic hydroxyl groups is 1. The Morgan fingerprint density at radius 3 is 2.59 bits per heavy atom. The molecule has 1 amide bonds. The number of halogens is 1. The molecule has 0 bridgehead atoms. The lowest BCUT2D eigenvalue weighted by Gasteiger charge is -2.35. The predicted molar refractivity (Wildman–Crippen MR) is 106 cm³/mol. The number of morpholine rings is 1. The summed E-state index contributed by atoms with van der Waals surface area (Å²) in [6.45, 7) is 5.67. The van der Waals surface area contributed by atoms with Crippen LogP contribution >= 0.6 is 23.4 Å². The highest BCUT2D eigenvalue weighted by Crippen LogP contribution is 2.22. The van der Waals surface area contributed by atoms with E-state index in [4.69, 9.17) is 16.3 Å². The van der Waals surface area contributed by atoms with Crippen molar-refractivity contribution >= 4 is 29.3 Å². The normalized spacial score (nSPS) is 20.1. The van der Waals surface area contributed by atoms with Gasteiger partial charge in [-0.25, -0.2) is 4.98 Å². The summed E-state index contributed by atoms with van der Waals surface area (Å²) in [5.41, 5.74) is 1.66. The molecule has 146 valence electrons. The molecule has 1 saturated heterocycles. The van der Waals surface area contributed by atoms with Gasteiger partial charge in [-0.05, 0) is 31.5 Å². The van der Waals surface area contributed by atoms with Crippen LogP contribution in [0.5, 0.6) is 0 Å². The molecule has 27 heavy (non-hydrogen) atoms. The Hall–Kier alpha value is -1.54. The van der Waals surface area contributed by atoms with Gasteiger partial charge in [0.25, 0.3) is 0 Å². The third-order valence-corrected chi connectivity index (χ3v) is 5.54. The maximum Gasteiger partial charge on any atom is 0.233 e. The highest BCUT2D eigenvalue weighted by Gasteiger charge is 2.26. The molecule has 1 aliphatic rings. The summed E-state index contributed by atoms with van der Waals surface area (Å²) in [6.07, 6.45) is 1.92. The van der Waals surface area contributed by atoms with Gasteiger partial charge in [0.1, 0.15) is 0 Å². The molecule has 6 nitrogen and oxygen atoms in total. The van der Waals surface area contributed by atoms with E-state index in [0.29, 0.717) is 36.1 Å². The summed E-state index contributed by atoms with van der Waals surface area (Å²) < 4.78 is 7.64. The monoisotopic (exact) mass is 409 g/mol. The maximum atomic E-state index is 12.6. The zero-order chi connectivity index (χ0) is 19.4. The Morgan fingerprint density at radius 1 is 1.30 bits per heavy atom. The smallest absolute Gasteiger partial charge is 0.233 e. The molecule has 1 aromatic heterocycles. The lowest BCUT2D eigenvalue weighted by Crippen LogP contribution is -2.48. The van der Waals surface area contributed by atoms with Crippen LogP contribution in [0.1, 0.15) is 25.1 Å². The number of benzene rings is 1. The molecule has 1 N–H and O–H groups in total. The first-order valence-corrected chi connectivity index (χ1v) is 10.3. The summed E-state index contributed by atoms with van der Waals surface area (Å²) in [5, 5.41) is 10.8. The van der Waals surface area contributed by atoms with Crippen LogP contribution in [0.25, 0.3) is 0 Å². The highest BCUT2D eigenvalue weighted by molar-refractivity contribution is 7.99. The number of rotatable bonds is 6. The lowest BCUT2D eigenvalue weighted by molar-refractivity contribution is -0.140. The van der Waals surface area contributed by atoms with E-state index in [1.807, 2.05) is 53.8 Å². The van der Waals surface area contributed by atoms with Crippen LogP contribution in [-0.2, 0) is 22.7 Å². The standard InChI is InChI=1S/C19H24ClN3O3S/c1-13-7-22(8-14(2)26-13)18(25)12-27-19-21-17(11-24)10-23(19)9-15-3-5-16(20)6-4-15/h3-6,10,13-14,24H,7-9,11-12H2,1-2H3/t13-,14+. The molecule has 2 atom stereocenters. The van der Waals surface area contributed by atoms with Gasteiger partial charge in [0.05, 0.1) is 30.3 Å². The molecule has 0 spiro atoms. The molecular formula is C19H24ClN3O3S. The summed E-state index contributed by atoms with van der Waals surface area (Å²) >= 11 is 7.34. The van der Waals surface area contributed by atoms with Gasteiger partial charge in [-0.15, -0.1) is 0 Å². The van der Waals surface area contributed by atoms with Crippen molar-refractivity contribution in [2.45, 2.75) is 44.4 Å². The number of nitrogens with zero attached hydrogens (tertiary/aromatic N) is 3. The van der Waals surface area contributed by atoms with Crippen LogP contribution in [0.15, 0.2) is 35.6 Å². The topological polar surface area (TPSA) is 67.6 Å². The SMILES string of the molecule is C[C@@H]1CN(C(=O)CSc2nc(CO)cn2Cc2ccc(Cl)cc2)C[C@H](C)O1. The Bertz CT molecular complexity index is 771. The number of ether oxygens (including phenoxy) is 1. The molecule has 2 heterocycles. The number of aromatic nitrogens is 2. The molecule has 8 heteroatoms. The molecule has 0 saturated carbocycles. The van der Waals surface area contributed by atoms with Crippen molar-refractivity contribution in [3.05, 3.63) is 46.7 Å². The molecule has 1 aliphatic heterocycles. The number of hydrogen-bond acceptors (Lipinski definition) is 5. The fourth-order valence-electron chi connectivity index (χ4n) is 3.14. The van der Waals surface area contributed by atoms with Gasteiger partial charge in [0.15, 0.2) is 5.16 Å². The average Bonchev–Trinajstić information content (AvgIpc) is 3.02. The molecule has 0 aliphatic carbocycles. The largest absolute Gasteiger partial charge is 0.390 e. The van der Waals surface area contributed by atoms with Gasteiger partial charge < -0.3 is 19.3 Å². The molecule has 3 rings (SSSR count). The van der Waals surface area contributed by atoms with Crippen molar-refractivity contribution in [1.29, 1.82) is 0 Å². The lowest BCUT2D eigenvalue weighted by atomic mass is 10.2. The third-order valence-electron chi connectivity index (χ3n) is 4.32. The zero-order valence-electron chi connectivity index (χ0n) is 15.5. The average molecular weight is 410 g/mol. The van der Waals surface area contributed by atoms with Gasteiger partial charge >= 0.3 is 0 Å². The van der Waals surface area contributed by atoms with E-state index in [9.17, 15) is 9.90 Å². The number of amides is 1. The Morgan fingerprint density at radius 2 is 1.96 bits per heavy atom. The first-order valence-electron chi connectivity index (χ1n) is 8.92. The summed E-state index contributed by atoms with van der Waals surface area (Å²) in [5.74, 6) is 0.385. The first-order chi connectivity index (χ1) is 12.9. The maximum absolute atomic E-state index is 12.6. The second kappa shape index (κ2) is 9.10. The van der Waals surface area contributed by atoms with Crippen LogP contribution in [0.3, 0.4) is 0 Å². The summed E-state index contributed by atoms with van der Waals surface area (Å²) in [4.78, 5) is 18.9. The molecule has 0 unspecified atom stereocenters. The Balaban J connectivity index is 1.66. The second-order valence-corrected chi connectivity index (χ2v) is 8.15. The molecule has 1 aromatic carbocycles. The molecule has 2 aromatic rings. The Labute approximate surface area is 168 Å². The minimum Gasteiger partial charge on any atom is -0.390 e. The van der Waals surface area contributed by atoms with Crippen molar-refractivity contribution < 1.29 is 14.6 Å². The minimum atomic E-state index is -0.131. The van der Waals surface area contributed by atoms with E-state index in [1.165, 1.54) is 11.8 Å². The van der Waals surface area contributed by atoms with Gasteiger partial charge in [-0.3, -0.25) is 4.79 Å². The minimum absolute atomic E-state index is 0.0515. The van der Waals surface area contributed by atoms with Gasteiger partial charge in [-0.2, -0.15) is 0 Å². The highest BCUT2D eigenvalue weighted by atomic mass is 35.5. The number of hydrogen-bond donors (Lipinski definition) is 1. The van der Waals surface area contributed by atoms with E-state index >= 15 is 0 Å². The van der Waals surface area contributed by atoms with Crippen molar-refractivity contribution in [1.82, 2.24) is 14.5 Å². The van der Waals surface area contributed by atoms with Crippen LogP contribution in [0.2, 0.25) is 5.02 Å². The van der Waals surface area contributed by atoms with Crippen LogP contribution in [0.4, 0.5) is 0 Å². The van der Waals surface area contributed by atoms with Crippen molar-refractivity contribution in [3.63, 3.8) is 0 Å². The summed E-state index contributed by atoms with van der Waals surface area (Å²) in [7, 11) is 0. The number of carbonyl (C=O) groups is 1. The van der Waals surface area contributed by atoms with Gasteiger partial charge in [0, 0.05) is 30.9 Å². The van der Waals surface area contributed by atoms with E-state index in [2.05, 4.69) is 4.98 Å². The third kappa shape index (κ3) is 5.48. The fourth-order valence-corrected chi connectivity index (χ4v) is 4.17. The number of imidazole rings is 1. The fraction of sp³-hybridized carbons (Fsp3) is 0.474. The van der Waals surface area contributed by atoms with Crippen LogP contribution < -0.4 is 0 Å². The first kappa shape index (κ1) is 20.2. The predicted octanol–water partition coefficient (Wildman–Crippen LogP) is 2.81.